The summed E-state index contributed by atoms with van der Waals surface area (Å²) in [5, 5.41) is 0.436. The molecule has 4 rings (SSSR count). The molecule has 0 bridgehead atoms. The maximum absolute atomic E-state index is 13.5. The molecule has 0 spiro atoms. The van der Waals surface area contributed by atoms with Crippen molar-refractivity contribution in [3.8, 4) is 11.5 Å². The van der Waals surface area contributed by atoms with Crippen molar-refractivity contribution in [1.29, 1.82) is 0 Å². The molecule has 0 saturated carbocycles. The molecule has 1 N–H and O–H groups in total. The third-order valence-electron chi connectivity index (χ3n) is 5.68. The van der Waals surface area contributed by atoms with Gasteiger partial charge in [0.1, 0.15) is 17.1 Å². The number of quaternary nitrogens is 1. The Morgan fingerprint density at radius 3 is 2.32 bits per heavy atom. The highest BCUT2D eigenvalue weighted by molar-refractivity contribution is 5.99. The molecule has 0 fully saturated rings. The van der Waals surface area contributed by atoms with Crippen LogP contribution in [0.4, 0.5) is 0 Å². The van der Waals surface area contributed by atoms with E-state index in [0.29, 0.717) is 34.6 Å². The maximum Gasteiger partial charge on any atom is 0.290 e. The van der Waals surface area contributed by atoms with Gasteiger partial charge in [-0.05, 0) is 29.8 Å². The monoisotopic (exact) mass is 423 g/mol. The van der Waals surface area contributed by atoms with Crippen LogP contribution in [0.5, 0.6) is 11.5 Å². The Morgan fingerprint density at radius 2 is 1.68 bits per heavy atom. The summed E-state index contributed by atoms with van der Waals surface area (Å²) in [4.78, 5) is 29.9. The molecule has 0 unspecified atom stereocenters. The third kappa shape index (κ3) is 3.77. The Labute approximate surface area is 180 Å². The van der Waals surface area contributed by atoms with E-state index in [1.807, 2.05) is 24.3 Å². The van der Waals surface area contributed by atoms with Gasteiger partial charge in [-0.3, -0.25) is 9.59 Å². The normalized spacial score (nSPS) is 15.6. The fourth-order valence-electron chi connectivity index (χ4n) is 4.09. The van der Waals surface area contributed by atoms with Crippen molar-refractivity contribution in [2.75, 3.05) is 41.4 Å². The van der Waals surface area contributed by atoms with Crippen LogP contribution in [0.3, 0.4) is 0 Å². The van der Waals surface area contributed by atoms with Gasteiger partial charge in [-0.25, -0.2) is 0 Å². The molecule has 0 radical (unpaired) electrons. The van der Waals surface area contributed by atoms with Crippen LogP contribution in [-0.2, 0) is 0 Å². The molecule has 0 aliphatic carbocycles. The second kappa shape index (κ2) is 8.43. The summed E-state index contributed by atoms with van der Waals surface area (Å²) in [7, 11) is 7.31. The highest BCUT2D eigenvalue weighted by Crippen LogP contribution is 2.39. The highest BCUT2D eigenvalue weighted by atomic mass is 16.5. The number of rotatable bonds is 7. The standard InChI is InChI=1S/C24H26N2O5/c1-25(2)12-5-13-26-21(15-6-8-16(29-3)9-7-15)20-22(27)18-11-10-17(30-4)14-19(18)31-23(20)24(26)28/h6-11,14,21H,5,12-13H2,1-4H3/p+1/t21-/m1/s1. The average molecular weight is 423 g/mol. The van der Waals surface area contributed by atoms with Gasteiger partial charge >= 0.3 is 0 Å². The number of ether oxygens (including phenoxy) is 2. The molecule has 1 aliphatic heterocycles. The van der Waals surface area contributed by atoms with E-state index >= 15 is 0 Å². The summed E-state index contributed by atoms with van der Waals surface area (Å²) in [5.41, 5.74) is 1.41. The Kier molecular flexibility index (Phi) is 5.69. The quantitative estimate of drug-likeness (QED) is 0.628. The van der Waals surface area contributed by atoms with Gasteiger partial charge in [0.15, 0.2) is 5.43 Å². The number of benzene rings is 2. The molecular weight excluding hydrogens is 396 g/mol. The zero-order chi connectivity index (χ0) is 22.1. The Morgan fingerprint density at radius 1 is 1.00 bits per heavy atom. The first kappa shape index (κ1) is 20.9. The SMILES string of the molecule is COc1ccc([C@@H]2c3c(oc4cc(OC)ccc4c3=O)C(=O)N2CCC[NH+](C)C)cc1. The largest absolute Gasteiger partial charge is 0.497 e. The summed E-state index contributed by atoms with van der Waals surface area (Å²) in [6.45, 7) is 1.44. The van der Waals surface area contributed by atoms with Crippen LogP contribution >= 0.6 is 0 Å². The van der Waals surface area contributed by atoms with E-state index in [9.17, 15) is 9.59 Å². The van der Waals surface area contributed by atoms with Crippen molar-refractivity contribution >= 4 is 16.9 Å². The number of methoxy groups -OCH3 is 2. The van der Waals surface area contributed by atoms with Gasteiger partial charge in [-0.2, -0.15) is 0 Å². The van der Waals surface area contributed by atoms with Crippen LogP contribution in [0.1, 0.15) is 34.1 Å². The third-order valence-corrected chi connectivity index (χ3v) is 5.68. The molecule has 2 heterocycles. The minimum atomic E-state index is -0.492. The Bertz CT molecular complexity index is 1170. The molecule has 7 heteroatoms. The van der Waals surface area contributed by atoms with Crippen molar-refractivity contribution < 1.29 is 23.6 Å². The zero-order valence-electron chi connectivity index (χ0n) is 18.2. The van der Waals surface area contributed by atoms with Gasteiger partial charge < -0.3 is 23.7 Å². The minimum Gasteiger partial charge on any atom is -0.497 e. The summed E-state index contributed by atoms with van der Waals surface area (Å²) in [6, 6.07) is 12.0. The maximum atomic E-state index is 13.5. The van der Waals surface area contributed by atoms with E-state index in [-0.39, 0.29) is 17.1 Å². The van der Waals surface area contributed by atoms with E-state index in [4.69, 9.17) is 13.9 Å². The lowest BCUT2D eigenvalue weighted by Gasteiger charge is -2.25. The molecule has 1 amide bonds. The van der Waals surface area contributed by atoms with Crippen LogP contribution in [0.15, 0.2) is 51.7 Å². The average Bonchev–Trinajstić information content (AvgIpc) is 3.05. The smallest absolute Gasteiger partial charge is 0.290 e. The Hall–Kier alpha value is -3.32. The van der Waals surface area contributed by atoms with Gasteiger partial charge in [0.25, 0.3) is 5.91 Å². The van der Waals surface area contributed by atoms with E-state index in [0.717, 1.165) is 18.5 Å². The van der Waals surface area contributed by atoms with Crippen LogP contribution < -0.4 is 19.8 Å². The fraction of sp³-hybridized carbons (Fsp3) is 0.333. The molecule has 31 heavy (non-hydrogen) atoms. The second-order valence-corrected chi connectivity index (χ2v) is 8.02. The molecule has 3 aromatic rings. The number of amides is 1. The van der Waals surface area contributed by atoms with Crippen LogP contribution in [0.2, 0.25) is 0 Å². The highest BCUT2D eigenvalue weighted by Gasteiger charge is 2.42. The topological polar surface area (TPSA) is 73.4 Å². The van der Waals surface area contributed by atoms with Crippen molar-refractivity contribution in [3.63, 3.8) is 0 Å². The first-order valence-electron chi connectivity index (χ1n) is 10.3. The molecular formula is C24H27N2O5+. The lowest BCUT2D eigenvalue weighted by atomic mass is 9.98. The molecule has 0 saturated heterocycles. The minimum absolute atomic E-state index is 0.115. The van der Waals surface area contributed by atoms with Crippen molar-refractivity contribution in [1.82, 2.24) is 4.90 Å². The summed E-state index contributed by atoms with van der Waals surface area (Å²) < 4.78 is 16.5. The lowest BCUT2D eigenvalue weighted by Crippen LogP contribution is -3.05. The predicted molar refractivity (Wildman–Crippen MR) is 117 cm³/mol. The van der Waals surface area contributed by atoms with Crippen molar-refractivity contribution in [2.24, 2.45) is 0 Å². The second-order valence-electron chi connectivity index (χ2n) is 8.02. The van der Waals surface area contributed by atoms with Gasteiger partial charge in [-0.1, -0.05) is 12.1 Å². The number of nitrogens with one attached hydrogen (secondary N) is 1. The number of carbonyl (C=O) groups is 1. The number of carbonyl (C=O) groups excluding carboxylic acids is 1. The zero-order valence-corrected chi connectivity index (χ0v) is 18.2. The molecule has 1 aliphatic rings. The van der Waals surface area contributed by atoms with Crippen LogP contribution in [-0.4, -0.2) is 52.2 Å². The van der Waals surface area contributed by atoms with Gasteiger partial charge in [0.2, 0.25) is 5.76 Å². The Balaban J connectivity index is 1.86. The number of hydrogen-bond acceptors (Lipinski definition) is 5. The van der Waals surface area contributed by atoms with Crippen molar-refractivity contribution in [3.05, 3.63) is 69.6 Å². The van der Waals surface area contributed by atoms with E-state index < -0.39 is 6.04 Å². The van der Waals surface area contributed by atoms with E-state index in [1.165, 1.54) is 4.90 Å². The molecule has 7 nitrogen and oxygen atoms in total. The lowest BCUT2D eigenvalue weighted by molar-refractivity contribution is -0.858. The summed E-state index contributed by atoms with van der Waals surface area (Å²) in [5.74, 6) is 1.14. The predicted octanol–water partition coefficient (Wildman–Crippen LogP) is 1.89. The first-order chi connectivity index (χ1) is 14.9. The van der Waals surface area contributed by atoms with Crippen LogP contribution in [0, 0.1) is 0 Å². The summed E-state index contributed by atoms with van der Waals surface area (Å²) in [6.07, 6.45) is 0.816. The van der Waals surface area contributed by atoms with Crippen LogP contribution in [0.25, 0.3) is 11.0 Å². The molecule has 1 aromatic heterocycles. The van der Waals surface area contributed by atoms with E-state index in [2.05, 4.69) is 14.1 Å². The fourth-order valence-corrected chi connectivity index (χ4v) is 4.09. The molecule has 1 atom stereocenters. The summed E-state index contributed by atoms with van der Waals surface area (Å²) >= 11 is 0. The number of hydrogen-bond donors (Lipinski definition) is 1. The molecule has 162 valence electrons. The van der Waals surface area contributed by atoms with Gasteiger partial charge in [-0.15, -0.1) is 0 Å². The first-order valence-corrected chi connectivity index (χ1v) is 10.3. The number of fused-ring (bicyclic) bond motifs is 2. The van der Waals surface area contributed by atoms with Gasteiger partial charge in [0.05, 0.1) is 51.9 Å². The van der Waals surface area contributed by atoms with Crippen molar-refractivity contribution in [2.45, 2.75) is 12.5 Å². The van der Waals surface area contributed by atoms with Gasteiger partial charge in [0, 0.05) is 19.0 Å². The number of nitrogens with zero attached hydrogens (tertiary/aromatic N) is 1. The van der Waals surface area contributed by atoms with E-state index in [1.54, 1.807) is 37.3 Å². The molecule has 2 aromatic carbocycles.